The molecule has 104 valence electrons. The molecule has 0 amide bonds. The Hall–Kier alpha value is -0.280. The summed E-state index contributed by atoms with van der Waals surface area (Å²) >= 11 is 12.2. The zero-order chi connectivity index (χ0) is 13.2. The maximum atomic E-state index is 6.20. The molecular formula is C15H20Cl2N2. The molecule has 4 heteroatoms. The molecule has 0 bridgehead atoms. The first-order chi connectivity index (χ1) is 9.25. The van der Waals surface area contributed by atoms with Gasteiger partial charge in [0.2, 0.25) is 0 Å². The molecule has 1 saturated carbocycles. The van der Waals surface area contributed by atoms with E-state index in [1.807, 2.05) is 6.07 Å². The summed E-state index contributed by atoms with van der Waals surface area (Å²) in [5.41, 5.74) is 1.33. The van der Waals surface area contributed by atoms with Crippen molar-refractivity contribution >= 4 is 23.2 Å². The van der Waals surface area contributed by atoms with Crippen LogP contribution < -0.4 is 5.32 Å². The first-order valence-corrected chi connectivity index (χ1v) is 7.91. The topological polar surface area (TPSA) is 15.3 Å². The second-order valence-corrected chi connectivity index (χ2v) is 6.41. The van der Waals surface area contributed by atoms with E-state index in [1.165, 1.54) is 24.8 Å². The summed E-state index contributed by atoms with van der Waals surface area (Å²) in [5.74, 6) is 0.787. The molecule has 1 aromatic carbocycles. The van der Waals surface area contributed by atoms with Gasteiger partial charge in [-0.15, -0.1) is 0 Å². The van der Waals surface area contributed by atoms with Crippen LogP contribution in [0.1, 0.15) is 30.9 Å². The Morgan fingerprint density at radius 1 is 1.11 bits per heavy atom. The van der Waals surface area contributed by atoms with Crippen molar-refractivity contribution in [3.63, 3.8) is 0 Å². The predicted octanol–water partition coefficient (Wildman–Crippen LogP) is 3.74. The van der Waals surface area contributed by atoms with Gasteiger partial charge in [-0.2, -0.15) is 0 Å². The summed E-state index contributed by atoms with van der Waals surface area (Å²) in [6, 6.07) is 6.67. The molecule has 1 aliphatic carbocycles. The van der Waals surface area contributed by atoms with Crippen molar-refractivity contribution in [2.24, 2.45) is 5.92 Å². The highest BCUT2D eigenvalue weighted by Gasteiger charge is 2.33. The van der Waals surface area contributed by atoms with E-state index in [4.69, 9.17) is 23.2 Å². The third kappa shape index (κ3) is 2.92. The molecule has 0 unspecified atom stereocenters. The van der Waals surface area contributed by atoms with E-state index in [9.17, 15) is 0 Å². The molecule has 2 aliphatic rings. The molecule has 1 heterocycles. The number of hydrogen-bond donors (Lipinski definition) is 1. The van der Waals surface area contributed by atoms with E-state index in [0.717, 1.165) is 32.1 Å². The van der Waals surface area contributed by atoms with Crippen LogP contribution in [0.4, 0.5) is 0 Å². The largest absolute Gasteiger partial charge is 0.314 e. The highest BCUT2D eigenvalue weighted by Crippen LogP contribution is 2.42. The van der Waals surface area contributed by atoms with E-state index < -0.39 is 0 Å². The quantitative estimate of drug-likeness (QED) is 0.914. The van der Waals surface area contributed by atoms with E-state index in [1.54, 1.807) is 0 Å². The molecule has 1 atom stereocenters. The number of rotatable bonds is 3. The lowest BCUT2D eigenvalue weighted by atomic mass is 9.76. The Labute approximate surface area is 125 Å². The minimum absolute atomic E-state index is 0.519. The first kappa shape index (κ1) is 13.7. The normalized spacial score (nSPS) is 23.1. The van der Waals surface area contributed by atoms with Crippen molar-refractivity contribution in [2.45, 2.75) is 25.3 Å². The van der Waals surface area contributed by atoms with E-state index in [0.29, 0.717) is 16.1 Å². The summed E-state index contributed by atoms with van der Waals surface area (Å²) in [7, 11) is 0. The van der Waals surface area contributed by atoms with Crippen LogP contribution in [-0.2, 0) is 0 Å². The average molecular weight is 299 g/mol. The van der Waals surface area contributed by atoms with Crippen LogP contribution in [0.15, 0.2) is 18.2 Å². The van der Waals surface area contributed by atoms with Gasteiger partial charge in [0, 0.05) is 32.2 Å². The van der Waals surface area contributed by atoms with Crippen molar-refractivity contribution in [2.75, 3.05) is 26.2 Å². The number of nitrogens with zero attached hydrogens (tertiary/aromatic N) is 1. The molecular weight excluding hydrogens is 279 g/mol. The van der Waals surface area contributed by atoms with Crippen LogP contribution in [0, 0.1) is 5.92 Å². The fraction of sp³-hybridized carbons (Fsp3) is 0.600. The minimum Gasteiger partial charge on any atom is -0.314 e. The number of nitrogens with one attached hydrogen (secondary N) is 1. The van der Waals surface area contributed by atoms with Crippen LogP contribution in [0.5, 0.6) is 0 Å². The molecule has 0 aromatic heterocycles. The van der Waals surface area contributed by atoms with Gasteiger partial charge in [0.1, 0.15) is 0 Å². The van der Waals surface area contributed by atoms with Crippen LogP contribution >= 0.6 is 23.2 Å². The van der Waals surface area contributed by atoms with E-state index in [2.05, 4.69) is 22.3 Å². The van der Waals surface area contributed by atoms with Crippen molar-refractivity contribution < 1.29 is 0 Å². The maximum absolute atomic E-state index is 6.20. The Morgan fingerprint density at radius 3 is 2.42 bits per heavy atom. The maximum Gasteiger partial charge on any atom is 0.0595 e. The Bertz CT molecular complexity index is 440. The summed E-state index contributed by atoms with van der Waals surface area (Å²) in [5, 5.41) is 4.76. The number of benzene rings is 1. The van der Waals surface area contributed by atoms with Gasteiger partial charge in [-0.05, 0) is 36.5 Å². The minimum atomic E-state index is 0.519. The molecule has 2 fully saturated rings. The van der Waals surface area contributed by atoms with Gasteiger partial charge >= 0.3 is 0 Å². The Balaban J connectivity index is 1.86. The average Bonchev–Trinajstić information content (AvgIpc) is 2.38. The lowest BCUT2D eigenvalue weighted by Crippen LogP contribution is -2.47. The zero-order valence-corrected chi connectivity index (χ0v) is 12.6. The first-order valence-electron chi connectivity index (χ1n) is 7.15. The van der Waals surface area contributed by atoms with Crippen molar-refractivity contribution in [3.8, 4) is 0 Å². The second kappa shape index (κ2) is 6.01. The summed E-state index contributed by atoms with van der Waals surface area (Å²) in [6.45, 7) is 4.43. The SMILES string of the molecule is Clc1ccc([C@@H](C2CCC2)N2CCNCC2)cc1Cl. The van der Waals surface area contributed by atoms with Gasteiger partial charge in [-0.1, -0.05) is 35.7 Å². The van der Waals surface area contributed by atoms with Gasteiger partial charge in [-0.3, -0.25) is 4.90 Å². The zero-order valence-electron chi connectivity index (χ0n) is 11.0. The van der Waals surface area contributed by atoms with Gasteiger partial charge in [0.15, 0.2) is 0 Å². The lowest BCUT2D eigenvalue weighted by Gasteiger charge is -2.43. The smallest absolute Gasteiger partial charge is 0.0595 e. The van der Waals surface area contributed by atoms with Crippen LogP contribution in [-0.4, -0.2) is 31.1 Å². The lowest BCUT2D eigenvalue weighted by molar-refractivity contribution is 0.0837. The molecule has 1 N–H and O–H groups in total. The van der Waals surface area contributed by atoms with E-state index >= 15 is 0 Å². The third-order valence-corrected chi connectivity index (χ3v) is 5.17. The van der Waals surface area contributed by atoms with Gasteiger partial charge in [0.25, 0.3) is 0 Å². The second-order valence-electron chi connectivity index (χ2n) is 5.60. The molecule has 19 heavy (non-hydrogen) atoms. The van der Waals surface area contributed by atoms with Crippen molar-refractivity contribution in [1.29, 1.82) is 0 Å². The molecule has 3 rings (SSSR count). The predicted molar refractivity (Wildman–Crippen MR) is 81.0 cm³/mol. The third-order valence-electron chi connectivity index (χ3n) is 4.43. The number of halogens is 2. The fourth-order valence-corrected chi connectivity index (χ4v) is 3.50. The highest BCUT2D eigenvalue weighted by atomic mass is 35.5. The van der Waals surface area contributed by atoms with Crippen LogP contribution in [0.3, 0.4) is 0 Å². The summed E-state index contributed by atoms with van der Waals surface area (Å²) in [4.78, 5) is 2.61. The van der Waals surface area contributed by atoms with Crippen LogP contribution in [0.2, 0.25) is 10.0 Å². The molecule has 0 radical (unpaired) electrons. The highest BCUT2D eigenvalue weighted by molar-refractivity contribution is 6.42. The van der Waals surface area contributed by atoms with Crippen molar-refractivity contribution in [1.82, 2.24) is 10.2 Å². The van der Waals surface area contributed by atoms with Gasteiger partial charge in [0.05, 0.1) is 10.0 Å². The standard InChI is InChI=1S/C15H20Cl2N2/c16-13-5-4-12(10-14(13)17)15(11-2-1-3-11)19-8-6-18-7-9-19/h4-5,10-11,15,18H,1-3,6-9H2/t15-/m1/s1. The fourth-order valence-electron chi connectivity index (χ4n) is 3.19. The Kier molecular flexibility index (Phi) is 4.33. The monoisotopic (exact) mass is 298 g/mol. The number of piperazine rings is 1. The van der Waals surface area contributed by atoms with Crippen LogP contribution in [0.25, 0.3) is 0 Å². The molecule has 1 saturated heterocycles. The molecule has 0 spiro atoms. The van der Waals surface area contributed by atoms with E-state index in [-0.39, 0.29) is 0 Å². The summed E-state index contributed by atoms with van der Waals surface area (Å²) in [6.07, 6.45) is 4.05. The van der Waals surface area contributed by atoms with Gasteiger partial charge < -0.3 is 5.32 Å². The van der Waals surface area contributed by atoms with Crippen molar-refractivity contribution in [3.05, 3.63) is 33.8 Å². The number of hydrogen-bond acceptors (Lipinski definition) is 2. The summed E-state index contributed by atoms with van der Waals surface area (Å²) < 4.78 is 0. The van der Waals surface area contributed by atoms with Gasteiger partial charge in [-0.25, -0.2) is 0 Å². The molecule has 1 aromatic rings. The molecule has 1 aliphatic heterocycles. The molecule has 2 nitrogen and oxygen atoms in total. The Morgan fingerprint density at radius 2 is 1.84 bits per heavy atom.